The van der Waals surface area contributed by atoms with Gasteiger partial charge in [0.1, 0.15) is 5.75 Å². The highest BCUT2D eigenvalue weighted by Gasteiger charge is 2.20. The van der Waals surface area contributed by atoms with Gasteiger partial charge >= 0.3 is 0 Å². The third-order valence-electron chi connectivity index (χ3n) is 3.90. The average Bonchev–Trinajstić information content (AvgIpc) is 2.46. The van der Waals surface area contributed by atoms with Crippen LogP contribution in [0.5, 0.6) is 5.75 Å². The van der Waals surface area contributed by atoms with Crippen molar-refractivity contribution in [2.75, 3.05) is 53.9 Å². The van der Waals surface area contributed by atoms with Crippen LogP contribution in [0.25, 0.3) is 0 Å². The van der Waals surface area contributed by atoms with Gasteiger partial charge in [-0.2, -0.15) is 0 Å². The number of hydrogen-bond donors (Lipinski definition) is 1. The Bertz CT molecular complexity index is 389. The Labute approximate surface area is 116 Å². The summed E-state index contributed by atoms with van der Waals surface area (Å²) in [6.07, 6.45) is 0. The van der Waals surface area contributed by atoms with Crippen molar-refractivity contribution in [3.63, 3.8) is 0 Å². The minimum Gasteiger partial charge on any atom is -0.496 e. The summed E-state index contributed by atoms with van der Waals surface area (Å²) < 4.78 is 5.47. The minimum atomic E-state index is 0.319. The molecule has 4 nitrogen and oxygen atoms in total. The van der Waals surface area contributed by atoms with E-state index >= 15 is 0 Å². The van der Waals surface area contributed by atoms with Crippen LogP contribution in [0.4, 0.5) is 0 Å². The molecule has 0 spiro atoms. The van der Waals surface area contributed by atoms with E-state index in [9.17, 15) is 0 Å². The molecule has 1 aliphatic heterocycles. The second-order valence-corrected chi connectivity index (χ2v) is 5.19. The summed E-state index contributed by atoms with van der Waals surface area (Å²) in [6, 6.07) is 8.59. The number of ether oxygens (including phenoxy) is 1. The monoisotopic (exact) mass is 263 g/mol. The zero-order valence-corrected chi connectivity index (χ0v) is 12.2. The average molecular weight is 263 g/mol. The van der Waals surface area contributed by atoms with Gasteiger partial charge in [-0.1, -0.05) is 18.2 Å². The third-order valence-corrected chi connectivity index (χ3v) is 3.90. The number of piperazine rings is 1. The third kappa shape index (κ3) is 3.69. The van der Waals surface area contributed by atoms with Crippen molar-refractivity contribution in [1.29, 1.82) is 0 Å². The highest BCUT2D eigenvalue weighted by molar-refractivity contribution is 5.36. The van der Waals surface area contributed by atoms with Gasteiger partial charge in [-0.05, 0) is 20.2 Å². The molecule has 0 amide bonds. The fourth-order valence-electron chi connectivity index (χ4n) is 2.59. The lowest BCUT2D eigenvalue weighted by atomic mass is 10.0. The predicted molar refractivity (Wildman–Crippen MR) is 78.7 cm³/mol. The quantitative estimate of drug-likeness (QED) is 0.864. The maximum Gasteiger partial charge on any atom is 0.123 e. The zero-order chi connectivity index (χ0) is 13.7. The summed E-state index contributed by atoms with van der Waals surface area (Å²) in [5.41, 5.74) is 1.24. The van der Waals surface area contributed by atoms with Crippen molar-refractivity contribution in [2.24, 2.45) is 0 Å². The molecule has 4 heteroatoms. The second-order valence-electron chi connectivity index (χ2n) is 5.19. The van der Waals surface area contributed by atoms with E-state index in [1.807, 2.05) is 19.2 Å². The molecular formula is C15H25N3O. The topological polar surface area (TPSA) is 27.7 Å². The first kappa shape index (κ1) is 14.3. The lowest BCUT2D eigenvalue weighted by Crippen LogP contribution is -2.47. The van der Waals surface area contributed by atoms with Crippen molar-refractivity contribution in [2.45, 2.75) is 6.04 Å². The summed E-state index contributed by atoms with van der Waals surface area (Å²) >= 11 is 0. The first-order valence-electron chi connectivity index (χ1n) is 6.95. The van der Waals surface area contributed by atoms with E-state index in [0.717, 1.165) is 38.5 Å². The van der Waals surface area contributed by atoms with Crippen molar-refractivity contribution in [3.8, 4) is 5.75 Å². The van der Waals surface area contributed by atoms with Crippen LogP contribution < -0.4 is 10.1 Å². The summed E-state index contributed by atoms with van der Waals surface area (Å²) in [5.74, 6) is 0.968. The maximum atomic E-state index is 5.47. The molecule has 1 unspecified atom stereocenters. The zero-order valence-electron chi connectivity index (χ0n) is 12.2. The van der Waals surface area contributed by atoms with Crippen LogP contribution in [-0.4, -0.2) is 63.7 Å². The molecule has 0 radical (unpaired) electrons. The number of rotatable bonds is 5. The number of methoxy groups -OCH3 is 1. The summed E-state index contributed by atoms with van der Waals surface area (Å²) in [7, 11) is 5.95. The van der Waals surface area contributed by atoms with E-state index in [4.69, 9.17) is 4.74 Å². The van der Waals surface area contributed by atoms with E-state index in [2.05, 4.69) is 34.3 Å². The number of hydrogen-bond acceptors (Lipinski definition) is 4. The summed E-state index contributed by atoms with van der Waals surface area (Å²) in [5, 5.41) is 3.42. The lowest BCUT2D eigenvalue weighted by molar-refractivity contribution is 0.143. The fourth-order valence-corrected chi connectivity index (χ4v) is 2.59. The molecule has 1 N–H and O–H groups in total. The van der Waals surface area contributed by atoms with Gasteiger partial charge in [0.2, 0.25) is 0 Å². The van der Waals surface area contributed by atoms with Gasteiger partial charge in [0.25, 0.3) is 0 Å². The largest absolute Gasteiger partial charge is 0.496 e. The first-order valence-corrected chi connectivity index (χ1v) is 6.95. The standard InChI is InChI=1S/C15H25N3O/c1-16-14(12-18-10-8-17(2)9-11-18)13-6-4-5-7-15(13)19-3/h4-7,14,16H,8-12H2,1-3H3. The molecule has 1 aliphatic rings. The molecule has 19 heavy (non-hydrogen) atoms. The molecule has 1 saturated heterocycles. The smallest absolute Gasteiger partial charge is 0.123 e. The van der Waals surface area contributed by atoms with E-state index in [-0.39, 0.29) is 0 Å². The molecule has 0 aromatic heterocycles. The van der Waals surface area contributed by atoms with E-state index < -0.39 is 0 Å². The van der Waals surface area contributed by atoms with Gasteiger partial charge in [-0.3, -0.25) is 4.90 Å². The van der Waals surface area contributed by atoms with Crippen molar-refractivity contribution in [3.05, 3.63) is 29.8 Å². The van der Waals surface area contributed by atoms with Crippen molar-refractivity contribution < 1.29 is 4.74 Å². The van der Waals surface area contributed by atoms with Crippen LogP contribution in [0, 0.1) is 0 Å². The molecule has 1 heterocycles. The van der Waals surface area contributed by atoms with Crippen LogP contribution >= 0.6 is 0 Å². The Morgan fingerprint density at radius 1 is 1.21 bits per heavy atom. The van der Waals surface area contributed by atoms with Crippen molar-refractivity contribution >= 4 is 0 Å². The number of para-hydroxylation sites is 1. The highest BCUT2D eigenvalue weighted by atomic mass is 16.5. The second kappa shape index (κ2) is 6.89. The lowest BCUT2D eigenvalue weighted by Gasteiger charge is -2.35. The number of likely N-dealkylation sites (N-methyl/N-ethyl adjacent to an activating group) is 2. The Kier molecular flexibility index (Phi) is 5.19. The summed E-state index contributed by atoms with van der Waals surface area (Å²) in [4.78, 5) is 4.90. The van der Waals surface area contributed by atoms with E-state index in [1.165, 1.54) is 5.56 Å². The molecule has 1 aromatic carbocycles. The molecule has 0 aliphatic carbocycles. The van der Waals surface area contributed by atoms with Crippen LogP contribution in [-0.2, 0) is 0 Å². The molecule has 1 atom stereocenters. The number of nitrogens with one attached hydrogen (secondary N) is 1. The van der Waals surface area contributed by atoms with Crippen LogP contribution in [0.2, 0.25) is 0 Å². The van der Waals surface area contributed by atoms with Gasteiger partial charge < -0.3 is 15.0 Å². The van der Waals surface area contributed by atoms with Gasteiger partial charge in [-0.15, -0.1) is 0 Å². The normalized spacial score (nSPS) is 19.3. The molecule has 2 rings (SSSR count). The van der Waals surface area contributed by atoms with Gasteiger partial charge in [0.05, 0.1) is 7.11 Å². The van der Waals surface area contributed by atoms with Gasteiger partial charge in [0.15, 0.2) is 0 Å². The molecule has 106 valence electrons. The molecule has 1 fully saturated rings. The Hall–Kier alpha value is -1.10. The van der Waals surface area contributed by atoms with E-state index in [1.54, 1.807) is 7.11 Å². The predicted octanol–water partition coefficient (Wildman–Crippen LogP) is 1.20. The SMILES string of the molecule is CNC(CN1CCN(C)CC1)c1ccccc1OC. The van der Waals surface area contributed by atoms with Crippen molar-refractivity contribution in [1.82, 2.24) is 15.1 Å². The Morgan fingerprint density at radius 2 is 1.89 bits per heavy atom. The van der Waals surface area contributed by atoms with Gasteiger partial charge in [-0.25, -0.2) is 0 Å². The van der Waals surface area contributed by atoms with Crippen LogP contribution in [0.15, 0.2) is 24.3 Å². The molecule has 1 aromatic rings. The maximum absolute atomic E-state index is 5.47. The fraction of sp³-hybridized carbons (Fsp3) is 0.600. The molecular weight excluding hydrogens is 238 g/mol. The molecule has 0 bridgehead atoms. The minimum absolute atomic E-state index is 0.319. The van der Waals surface area contributed by atoms with Crippen LogP contribution in [0.3, 0.4) is 0 Å². The van der Waals surface area contributed by atoms with Crippen LogP contribution in [0.1, 0.15) is 11.6 Å². The Balaban J connectivity index is 2.03. The first-order chi connectivity index (χ1) is 9.24. The Morgan fingerprint density at radius 3 is 2.53 bits per heavy atom. The summed E-state index contributed by atoms with van der Waals surface area (Å²) in [6.45, 7) is 5.63. The molecule has 0 saturated carbocycles. The number of benzene rings is 1. The van der Waals surface area contributed by atoms with Gasteiger partial charge in [0, 0.05) is 44.3 Å². The number of nitrogens with zero attached hydrogens (tertiary/aromatic N) is 2. The van der Waals surface area contributed by atoms with E-state index in [0.29, 0.717) is 6.04 Å². The highest BCUT2D eigenvalue weighted by Crippen LogP contribution is 2.25.